The number of nitrogens with zero attached hydrogens (tertiary/aromatic N) is 2. The van der Waals surface area contributed by atoms with Crippen molar-refractivity contribution in [1.29, 1.82) is 0 Å². The molecule has 118 valence electrons. The number of nitrogens with one attached hydrogen (secondary N) is 1. The van der Waals surface area contributed by atoms with Gasteiger partial charge in [-0.2, -0.15) is 5.10 Å². The van der Waals surface area contributed by atoms with Gasteiger partial charge in [-0.15, -0.1) is 0 Å². The van der Waals surface area contributed by atoms with Crippen LogP contribution in [0.4, 0.5) is 5.82 Å². The predicted octanol–water partition coefficient (Wildman–Crippen LogP) is 4.38. The highest BCUT2D eigenvalue weighted by Crippen LogP contribution is 2.30. The van der Waals surface area contributed by atoms with E-state index in [9.17, 15) is 0 Å². The van der Waals surface area contributed by atoms with E-state index in [1.54, 1.807) is 0 Å². The molecule has 0 atom stereocenters. The zero-order valence-electron chi connectivity index (χ0n) is 14.0. The minimum Gasteiger partial charge on any atom is -0.370 e. The first-order chi connectivity index (χ1) is 10.7. The Morgan fingerprint density at radius 3 is 2.82 bits per heavy atom. The van der Waals surface area contributed by atoms with Gasteiger partial charge in [0.15, 0.2) is 0 Å². The van der Waals surface area contributed by atoms with Gasteiger partial charge in [0.2, 0.25) is 0 Å². The van der Waals surface area contributed by atoms with E-state index < -0.39 is 0 Å². The number of rotatable bonds is 4. The van der Waals surface area contributed by atoms with E-state index in [0.29, 0.717) is 5.92 Å². The molecule has 0 bridgehead atoms. The van der Waals surface area contributed by atoms with Crippen LogP contribution in [0.2, 0.25) is 0 Å². The lowest BCUT2D eigenvalue weighted by Gasteiger charge is -2.12. The van der Waals surface area contributed by atoms with E-state index in [1.807, 2.05) is 0 Å². The first-order valence-electron chi connectivity index (χ1n) is 8.63. The third-order valence-electron chi connectivity index (χ3n) is 4.42. The topological polar surface area (TPSA) is 29.9 Å². The first-order valence-corrected chi connectivity index (χ1v) is 8.63. The number of aromatic nitrogens is 2. The van der Waals surface area contributed by atoms with Gasteiger partial charge in [0.1, 0.15) is 5.82 Å². The van der Waals surface area contributed by atoms with Gasteiger partial charge < -0.3 is 5.32 Å². The van der Waals surface area contributed by atoms with Gasteiger partial charge in [-0.1, -0.05) is 39.0 Å². The average molecular weight is 297 g/mol. The van der Waals surface area contributed by atoms with Crippen LogP contribution < -0.4 is 5.32 Å². The summed E-state index contributed by atoms with van der Waals surface area (Å²) in [5.74, 6) is 1.87. The van der Waals surface area contributed by atoms with Crippen molar-refractivity contribution in [2.75, 3.05) is 11.9 Å². The highest BCUT2D eigenvalue weighted by molar-refractivity contribution is 5.56. The number of benzene rings is 1. The molecule has 0 aliphatic carbocycles. The minimum atomic E-state index is 0.636. The number of hydrogen-bond acceptors (Lipinski definition) is 2. The van der Waals surface area contributed by atoms with Crippen molar-refractivity contribution in [3.8, 4) is 5.69 Å². The van der Waals surface area contributed by atoms with Gasteiger partial charge >= 0.3 is 0 Å². The Balaban J connectivity index is 2.12. The van der Waals surface area contributed by atoms with Crippen molar-refractivity contribution < 1.29 is 0 Å². The number of anilines is 1. The van der Waals surface area contributed by atoms with Crippen LogP contribution in [0, 0.1) is 5.92 Å². The molecule has 2 heterocycles. The highest BCUT2D eigenvalue weighted by Gasteiger charge is 2.21. The second-order valence-corrected chi connectivity index (χ2v) is 6.65. The number of hydrogen-bond donors (Lipinski definition) is 1. The zero-order chi connectivity index (χ0) is 15.5. The SMILES string of the molecule is CCc1ccccc1-n1nc(CC(C)C)c2c1NCCCC2. The van der Waals surface area contributed by atoms with E-state index in [-0.39, 0.29) is 0 Å². The van der Waals surface area contributed by atoms with Crippen LogP contribution >= 0.6 is 0 Å². The highest BCUT2D eigenvalue weighted by atomic mass is 15.3. The fourth-order valence-electron chi connectivity index (χ4n) is 3.31. The second kappa shape index (κ2) is 6.55. The van der Waals surface area contributed by atoms with Crippen molar-refractivity contribution in [2.24, 2.45) is 5.92 Å². The summed E-state index contributed by atoms with van der Waals surface area (Å²) in [6.07, 6.45) is 5.74. The molecule has 0 fully saturated rings. The third-order valence-corrected chi connectivity index (χ3v) is 4.42. The number of aryl methyl sites for hydroxylation is 1. The molecule has 0 unspecified atom stereocenters. The molecule has 0 spiro atoms. The zero-order valence-corrected chi connectivity index (χ0v) is 14.0. The molecule has 3 nitrogen and oxygen atoms in total. The van der Waals surface area contributed by atoms with Crippen molar-refractivity contribution >= 4 is 5.82 Å². The summed E-state index contributed by atoms with van der Waals surface area (Å²) in [7, 11) is 0. The predicted molar refractivity (Wildman–Crippen MR) is 92.9 cm³/mol. The van der Waals surface area contributed by atoms with E-state index >= 15 is 0 Å². The molecule has 0 saturated carbocycles. The molecule has 3 heteroatoms. The summed E-state index contributed by atoms with van der Waals surface area (Å²) < 4.78 is 2.16. The monoisotopic (exact) mass is 297 g/mol. The molecule has 22 heavy (non-hydrogen) atoms. The van der Waals surface area contributed by atoms with Crippen LogP contribution in [0.3, 0.4) is 0 Å². The van der Waals surface area contributed by atoms with E-state index in [1.165, 1.54) is 41.2 Å². The van der Waals surface area contributed by atoms with Gasteiger partial charge in [0.25, 0.3) is 0 Å². The van der Waals surface area contributed by atoms with E-state index in [2.05, 4.69) is 55.0 Å². The standard InChI is InChI=1S/C19H27N3/c1-4-15-9-5-6-11-18(15)22-19-16(10-7-8-12-20-19)17(21-22)13-14(2)3/h5-6,9,11,14,20H,4,7-8,10,12-13H2,1-3H3. The molecule has 0 amide bonds. The van der Waals surface area contributed by atoms with Crippen LogP contribution in [0.15, 0.2) is 24.3 Å². The fraction of sp³-hybridized carbons (Fsp3) is 0.526. The van der Waals surface area contributed by atoms with Gasteiger partial charge in [-0.05, 0) is 49.7 Å². The molecule has 0 radical (unpaired) electrons. The van der Waals surface area contributed by atoms with Gasteiger partial charge in [-0.25, -0.2) is 4.68 Å². The van der Waals surface area contributed by atoms with Crippen LogP contribution in [-0.4, -0.2) is 16.3 Å². The van der Waals surface area contributed by atoms with Crippen molar-refractivity contribution in [1.82, 2.24) is 9.78 Å². The average Bonchev–Trinajstić information content (AvgIpc) is 2.70. The molecule has 1 N–H and O–H groups in total. The van der Waals surface area contributed by atoms with E-state index in [4.69, 9.17) is 5.10 Å². The summed E-state index contributed by atoms with van der Waals surface area (Å²) in [4.78, 5) is 0. The lowest BCUT2D eigenvalue weighted by atomic mass is 10.0. The molecular weight excluding hydrogens is 270 g/mol. The molecule has 2 aromatic rings. The summed E-state index contributed by atoms with van der Waals surface area (Å²) in [5.41, 5.74) is 5.31. The smallest absolute Gasteiger partial charge is 0.133 e. The largest absolute Gasteiger partial charge is 0.370 e. The summed E-state index contributed by atoms with van der Waals surface area (Å²) in [5, 5.41) is 8.64. The van der Waals surface area contributed by atoms with E-state index in [0.717, 1.165) is 25.8 Å². The first kappa shape index (κ1) is 15.1. The lowest BCUT2D eigenvalue weighted by Crippen LogP contribution is -2.08. The molecule has 3 rings (SSSR count). The molecule has 1 aliphatic rings. The molecule has 0 saturated heterocycles. The maximum absolute atomic E-state index is 5.01. The van der Waals surface area contributed by atoms with Crippen LogP contribution in [0.1, 0.15) is 50.4 Å². The number of para-hydroxylation sites is 1. The Labute approximate surface area is 133 Å². The Kier molecular flexibility index (Phi) is 4.51. The van der Waals surface area contributed by atoms with Crippen molar-refractivity contribution in [2.45, 2.75) is 52.9 Å². The normalized spacial score (nSPS) is 14.5. The molecule has 1 aromatic carbocycles. The maximum Gasteiger partial charge on any atom is 0.133 e. The minimum absolute atomic E-state index is 0.636. The second-order valence-electron chi connectivity index (χ2n) is 6.65. The summed E-state index contributed by atoms with van der Waals surface area (Å²) in [6.45, 7) is 7.81. The Hall–Kier alpha value is -1.77. The van der Waals surface area contributed by atoms with Gasteiger partial charge in [0.05, 0.1) is 11.4 Å². The van der Waals surface area contributed by atoms with Gasteiger partial charge in [0, 0.05) is 12.1 Å². The quantitative estimate of drug-likeness (QED) is 0.907. The lowest BCUT2D eigenvalue weighted by molar-refractivity contribution is 0.621. The van der Waals surface area contributed by atoms with Crippen LogP contribution in [0.25, 0.3) is 5.69 Å². The number of fused-ring (bicyclic) bond motifs is 1. The summed E-state index contributed by atoms with van der Waals surface area (Å²) in [6, 6.07) is 8.63. The van der Waals surface area contributed by atoms with Crippen LogP contribution in [-0.2, 0) is 19.3 Å². The fourth-order valence-corrected chi connectivity index (χ4v) is 3.31. The third kappa shape index (κ3) is 2.90. The van der Waals surface area contributed by atoms with Gasteiger partial charge in [-0.3, -0.25) is 0 Å². The van der Waals surface area contributed by atoms with Crippen LogP contribution in [0.5, 0.6) is 0 Å². The molecular formula is C19H27N3. The summed E-state index contributed by atoms with van der Waals surface area (Å²) >= 11 is 0. The Bertz CT molecular complexity index is 640. The molecule has 1 aliphatic heterocycles. The van der Waals surface area contributed by atoms with Crippen molar-refractivity contribution in [3.05, 3.63) is 41.1 Å². The van der Waals surface area contributed by atoms with Crippen molar-refractivity contribution in [3.63, 3.8) is 0 Å². The Morgan fingerprint density at radius 1 is 1.23 bits per heavy atom. The Morgan fingerprint density at radius 2 is 2.05 bits per heavy atom. The molecule has 1 aromatic heterocycles. The maximum atomic E-state index is 5.01.